The molecule has 17 heavy (non-hydrogen) atoms. The highest BCUT2D eigenvalue weighted by Crippen LogP contribution is 2.30. The van der Waals surface area contributed by atoms with E-state index in [2.05, 4.69) is 20.9 Å². The third-order valence-corrected chi connectivity index (χ3v) is 6.00. The zero-order chi connectivity index (χ0) is 12.8. The minimum atomic E-state index is -3.21. The predicted molar refractivity (Wildman–Crippen MR) is 73.1 cm³/mol. The number of hydrogen-bond acceptors (Lipinski definition) is 2. The Hall–Kier alpha value is -0.810. The molecule has 1 aromatic heterocycles. The number of aromatic nitrogens is 1. The highest BCUT2D eigenvalue weighted by molar-refractivity contribution is 9.10. The molecule has 1 heterocycles. The molecule has 1 aromatic carbocycles. The van der Waals surface area contributed by atoms with Crippen molar-refractivity contribution in [1.29, 1.82) is 0 Å². The van der Waals surface area contributed by atoms with Crippen molar-refractivity contribution in [2.24, 2.45) is 0 Å². The predicted octanol–water partition coefficient (Wildman–Crippen LogP) is 3.42. The first-order valence-electron chi connectivity index (χ1n) is 5.35. The summed E-state index contributed by atoms with van der Waals surface area (Å²) >= 11 is 3.46. The molecule has 92 valence electrons. The Labute approximate surface area is 109 Å². The highest BCUT2D eigenvalue weighted by Gasteiger charge is 2.20. The van der Waals surface area contributed by atoms with Gasteiger partial charge in [0.05, 0.1) is 10.1 Å². The zero-order valence-corrected chi connectivity index (χ0v) is 12.3. The van der Waals surface area contributed by atoms with Crippen molar-refractivity contribution in [3.05, 3.63) is 28.4 Å². The van der Waals surface area contributed by atoms with E-state index in [-0.39, 0.29) is 0 Å². The van der Waals surface area contributed by atoms with Crippen LogP contribution in [0.2, 0.25) is 0 Å². The van der Waals surface area contributed by atoms with E-state index in [4.69, 9.17) is 0 Å². The summed E-state index contributed by atoms with van der Waals surface area (Å²) in [4.78, 5) is 3.57. The summed E-state index contributed by atoms with van der Waals surface area (Å²) in [5, 5.41) is 0.503. The number of aromatic amines is 1. The maximum atomic E-state index is 12.1. The molecule has 2 aromatic rings. The fraction of sp³-hybridized carbons (Fsp3) is 0.333. The zero-order valence-electron chi connectivity index (χ0n) is 9.91. The summed E-state index contributed by atoms with van der Waals surface area (Å²) in [6.45, 7) is 5.33. The van der Waals surface area contributed by atoms with Crippen LogP contribution in [0.1, 0.15) is 19.5 Å². The maximum absolute atomic E-state index is 12.1. The van der Waals surface area contributed by atoms with Gasteiger partial charge in [-0.05, 0) is 54.9 Å². The van der Waals surface area contributed by atoms with Gasteiger partial charge in [0.2, 0.25) is 0 Å². The number of rotatable bonds is 2. The molecule has 0 atom stereocenters. The molecule has 0 saturated heterocycles. The number of halogens is 1. The minimum absolute atomic E-state index is 0.375. The van der Waals surface area contributed by atoms with E-state index in [0.29, 0.717) is 4.90 Å². The second-order valence-corrected chi connectivity index (χ2v) is 7.66. The fourth-order valence-corrected chi connectivity index (χ4v) is 3.23. The Balaban J connectivity index is 2.71. The van der Waals surface area contributed by atoms with Crippen molar-refractivity contribution >= 4 is 36.7 Å². The van der Waals surface area contributed by atoms with E-state index in [0.717, 1.165) is 21.1 Å². The second-order valence-electron chi connectivity index (χ2n) is 4.37. The van der Waals surface area contributed by atoms with E-state index in [9.17, 15) is 8.42 Å². The molecular formula is C12H14BrNO2S. The molecule has 2 rings (SSSR count). The summed E-state index contributed by atoms with van der Waals surface area (Å²) in [6, 6.07) is 5.18. The van der Waals surface area contributed by atoms with Crippen LogP contribution < -0.4 is 0 Å². The fourth-order valence-electron chi connectivity index (χ4n) is 1.72. The normalized spacial score (nSPS) is 12.5. The van der Waals surface area contributed by atoms with Gasteiger partial charge in [-0.15, -0.1) is 0 Å². The van der Waals surface area contributed by atoms with E-state index < -0.39 is 15.1 Å². The average Bonchev–Trinajstić information content (AvgIpc) is 2.54. The average molecular weight is 316 g/mol. The molecule has 0 spiro atoms. The van der Waals surface area contributed by atoms with Crippen molar-refractivity contribution in [3.63, 3.8) is 0 Å². The largest absolute Gasteiger partial charge is 0.358 e. The van der Waals surface area contributed by atoms with Crippen LogP contribution in [-0.2, 0) is 9.84 Å². The molecule has 1 N–H and O–H groups in total. The number of hydrogen-bond donors (Lipinski definition) is 1. The summed E-state index contributed by atoms with van der Waals surface area (Å²) in [6.07, 6.45) is 0. The molecule has 3 nitrogen and oxygen atoms in total. The van der Waals surface area contributed by atoms with Crippen molar-refractivity contribution in [3.8, 4) is 0 Å². The van der Waals surface area contributed by atoms with Crippen molar-refractivity contribution in [2.45, 2.75) is 30.9 Å². The van der Waals surface area contributed by atoms with Gasteiger partial charge in [-0.25, -0.2) is 8.42 Å². The van der Waals surface area contributed by atoms with Crippen LogP contribution in [-0.4, -0.2) is 18.7 Å². The Bertz CT molecular complexity index is 671. The molecule has 0 radical (unpaired) electrons. The van der Waals surface area contributed by atoms with Crippen molar-refractivity contribution in [2.75, 3.05) is 0 Å². The van der Waals surface area contributed by atoms with Crippen molar-refractivity contribution in [1.82, 2.24) is 4.98 Å². The summed E-state index contributed by atoms with van der Waals surface area (Å²) in [5.41, 5.74) is 1.94. The van der Waals surface area contributed by atoms with Crippen LogP contribution in [0.5, 0.6) is 0 Å². The number of benzene rings is 1. The molecule has 0 aliphatic rings. The Morgan fingerprint density at radius 3 is 2.53 bits per heavy atom. The molecule has 0 aliphatic heterocycles. The number of fused-ring (bicyclic) bond motifs is 1. The monoisotopic (exact) mass is 315 g/mol. The molecule has 5 heteroatoms. The molecule has 0 amide bonds. The summed E-state index contributed by atoms with van der Waals surface area (Å²) in [7, 11) is -3.21. The molecule has 0 bridgehead atoms. The van der Waals surface area contributed by atoms with Gasteiger partial charge in [0.25, 0.3) is 0 Å². The van der Waals surface area contributed by atoms with Crippen LogP contribution in [0.15, 0.2) is 27.6 Å². The van der Waals surface area contributed by atoms with Gasteiger partial charge in [-0.2, -0.15) is 0 Å². The number of nitrogens with one attached hydrogen (secondary N) is 1. The van der Waals surface area contributed by atoms with E-state index in [1.54, 1.807) is 26.0 Å². The summed E-state index contributed by atoms with van der Waals surface area (Å²) < 4.78 is 25.1. The van der Waals surface area contributed by atoms with Gasteiger partial charge in [0.1, 0.15) is 0 Å². The molecule has 0 fully saturated rings. The lowest BCUT2D eigenvalue weighted by Gasteiger charge is -2.07. The molecule has 0 saturated carbocycles. The first-order chi connectivity index (χ1) is 7.84. The van der Waals surface area contributed by atoms with Crippen LogP contribution in [0.25, 0.3) is 10.9 Å². The molecule has 0 aliphatic carbocycles. The Kier molecular flexibility index (Phi) is 3.08. The number of H-pyrrole nitrogens is 1. The Morgan fingerprint density at radius 1 is 1.29 bits per heavy atom. The van der Waals surface area contributed by atoms with Gasteiger partial charge in [-0.1, -0.05) is 0 Å². The third kappa shape index (κ3) is 2.02. The summed E-state index contributed by atoms with van der Waals surface area (Å²) in [5.74, 6) is 0. The third-order valence-electron chi connectivity index (χ3n) is 2.83. The molecular weight excluding hydrogens is 302 g/mol. The van der Waals surface area contributed by atoms with Gasteiger partial charge in [0.15, 0.2) is 9.84 Å². The second kappa shape index (κ2) is 4.14. The van der Waals surface area contributed by atoms with Gasteiger partial charge < -0.3 is 4.98 Å². The first-order valence-corrected chi connectivity index (χ1v) is 7.69. The lowest BCUT2D eigenvalue weighted by atomic mass is 10.2. The number of aryl methyl sites for hydroxylation is 1. The van der Waals surface area contributed by atoms with Crippen molar-refractivity contribution < 1.29 is 8.42 Å². The Morgan fingerprint density at radius 2 is 1.94 bits per heavy atom. The minimum Gasteiger partial charge on any atom is -0.358 e. The maximum Gasteiger partial charge on any atom is 0.180 e. The van der Waals surface area contributed by atoms with E-state index in [1.165, 1.54) is 0 Å². The standard InChI is InChI=1S/C12H14BrNO2S/c1-7(2)17(15,16)9-4-5-11-10(6-9)12(13)8(3)14-11/h4-7,14H,1-3H3. The quantitative estimate of drug-likeness (QED) is 0.923. The lowest BCUT2D eigenvalue weighted by molar-refractivity contribution is 0.587. The first kappa shape index (κ1) is 12.6. The lowest BCUT2D eigenvalue weighted by Crippen LogP contribution is -2.13. The van der Waals surface area contributed by atoms with Crippen LogP contribution in [0.3, 0.4) is 0 Å². The number of sulfone groups is 1. The topological polar surface area (TPSA) is 49.9 Å². The SMILES string of the molecule is Cc1[nH]c2ccc(S(=O)(=O)C(C)C)cc2c1Br. The van der Waals surface area contributed by atoms with E-state index in [1.807, 2.05) is 13.0 Å². The van der Waals surface area contributed by atoms with E-state index >= 15 is 0 Å². The van der Waals surface area contributed by atoms with Gasteiger partial charge in [-0.3, -0.25) is 0 Å². The highest BCUT2D eigenvalue weighted by atomic mass is 79.9. The molecule has 0 unspecified atom stereocenters. The van der Waals surface area contributed by atoms with Crippen LogP contribution in [0, 0.1) is 6.92 Å². The van der Waals surface area contributed by atoms with Crippen LogP contribution >= 0.6 is 15.9 Å². The van der Waals surface area contributed by atoms with Gasteiger partial charge in [0, 0.05) is 21.1 Å². The smallest absolute Gasteiger partial charge is 0.180 e. The van der Waals surface area contributed by atoms with Gasteiger partial charge >= 0.3 is 0 Å². The van der Waals surface area contributed by atoms with Crippen LogP contribution in [0.4, 0.5) is 0 Å².